The average Bonchev–Trinajstić information content (AvgIpc) is 2.64. The smallest absolute Gasteiger partial charge is 0.255 e. The Morgan fingerprint density at radius 3 is 2.42 bits per heavy atom. The van der Waals surface area contributed by atoms with Gasteiger partial charge in [-0.25, -0.2) is 0 Å². The summed E-state index contributed by atoms with van der Waals surface area (Å²) < 4.78 is 0. The maximum Gasteiger partial charge on any atom is 0.255 e. The first-order chi connectivity index (χ1) is 12.1. The van der Waals surface area contributed by atoms with Crippen LogP contribution in [0.25, 0.3) is 0 Å². The van der Waals surface area contributed by atoms with Crippen LogP contribution in [0.2, 0.25) is 0 Å². The Bertz CT molecular complexity index is 752. The monoisotopic (exact) mass is 373 g/mol. The van der Waals surface area contributed by atoms with Crippen LogP contribution in [0.15, 0.2) is 54.6 Å². The topological polar surface area (TPSA) is 70.2 Å². The Hall–Kier alpha value is -2.37. The van der Waals surface area contributed by atoms with Crippen LogP contribution in [0.5, 0.6) is 0 Å². The van der Waals surface area contributed by atoms with Crippen molar-refractivity contribution in [3.05, 3.63) is 65.7 Å². The zero-order valence-corrected chi connectivity index (χ0v) is 15.5. The first-order valence-corrected chi connectivity index (χ1v) is 8.62. The lowest BCUT2D eigenvalue weighted by molar-refractivity contribution is 0.0915. The molecular weight excluding hydrogens is 350 g/mol. The third-order valence-electron chi connectivity index (χ3n) is 4.56. The van der Waals surface area contributed by atoms with E-state index >= 15 is 0 Å². The molecule has 6 heteroatoms. The summed E-state index contributed by atoms with van der Waals surface area (Å²) in [4.78, 5) is 25.1. The van der Waals surface area contributed by atoms with Crippen molar-refractivity contribution < 1.29 is 9.59 Å². The van der Waals surface area contributed by atoms with Crippen molar-refractivity contribution in [3.63, 3.8) is 0 Å². The number of halogens is 1. The molecule has 3 rings (SSSR count). The van der Waals surface area contributed by atoms with Gasteiger partial charge in [0.2, 0.25) is 0 Å². The summed E-state index contributed by atoms with van der Waals surface area (Å²) in [6, 6.07) is 16.2. The van der Waals surface area contributed by atoms with E-state index in [1.54, 1.807) is 30.3 Å². The van der Waals surface area contributed by atoms with Crippen LogP contribution < -0.4 is 16.0 Å². The van der Waals surface area contributed by atoms with Gasteiger partial charge >= 0.3 is 0 Å². The second-order valence-electron chi connectivity index (χ2n) is 6.42. The first kappa shape index (κ1) is 19.9. The van der Waals surface area contributed by atoms with Gasteiger partial charge in [-0.05, 0) is 49.7 Å². The molecule has 1 saturated heterocycles. The molecule has 0 aliphatic carbocycles. The highest BCUT2D eigenvalue weighted by molar-refractivity contribution is 6.09. The Morgan fingerprint density at radius 2 is 1.69 bits per heavy atom. The van der Waals surface area contributed by atoms with E-state index < -0.39 is 0 Å². The number of benzene rings is 2. The van der Waals surface area contributed by atoms with Crippen molar-refractivity contribution in [2.24, 2.45) is 5.92 Å². The minimum absolute atomic E-state index is 0. The molecule has 2 unspecified atom stereocenters. The van der Waals surface area contributed by atoms with E-state index in [1.165, 1.54) is 0 Å². The highest BCUT2D eigenvalue weighted by Crippen LogP contribution is 2.18. The number of hydrogen-bond acceptors (Lipinski definition) is 3. The largest absolute Gasteiger partial charge is 0.349 e. The fraction of sp³-hybridized carbons (Fsp3) is 0.300. The minimum atomic E-state index is -0.226. The van der Waals surface area contributed by atoms with Gasteiger partial charge in [-0.15, -0.1) is 12.4 Å². The first-order valence-electron chi connectivity index (χ1n) is 8.62. The predicted octanol–water partition coefficient (Wildman–Crippen LogP) is 3.09. The highest BCUT2D eigenvalue weighted by atomic mass is 35.5. The normalized spacial score (nSPS) is 19.1. The summed E-state index contributed by atoms with van der Waals surface area (Å²) in [6.45, 7) is 3.93. The second-order valence-corrected chi connectivity index (χ2v) is 6.42. The Kier molecular flexibility index (Phi) is 7.18. The number of para-hydroxylation sites is 1. The van der Waals surface area contributed by atoms with E-state index in [0.717, 1.165) is 19.5 Å². The van der Waals surface area contributed by atoms with Crippen molar-refractivity contribution in [3.8, 4) is 0 Å². The van der Waals surface area contributed by atoms with E-state index in [9.17, 15) is 9.59 Å². The molecule has 0 bridgehead atoms. The second kappa shape index (κ2) is 9.36. The number of carbonyl (C=O) groups excluding carboxylic acids is 2. The van der Waals surface area contributed by atoms with Gasteiger partial charge in [0.25, 0.3) is 11.8 Å². The number of anilines is 1. The zero-order valence-electron chi connectivity index (χ0n) is 14.7. The van der Waals surface area contributed by atoms with Gasteiger partial charge in [-0.3, -0.25) is 9.59 Å². The lowest BCUT2D eigenvalue weighted by Gasteiger charge is -2.30. The van der Waals surface area contributed by atoms with Crippen molar-refractivity contribution >= 4 is 29.9 Å². The SMILES string of the molecule is CC1CNCCC1NC(=O)c1ccccc1NC(=O)c1ccccc1.Cl. The van der Waals surface area contributed by atoms with Gasteiger partial charge in [-0.1, -0.05) is 37.3 Å². The molecule has 5 nitrogen and oxygen atoms in total. The molecule has 0 aromatic heterocycles. The maximum atomic E-state index is 12.7. The van der Waals surface area contributed by atoms with Crippen LogP contribution in [-0.4, -0.2) is 30.9 Å². The number of rotatable bonds is 4. The molecule has 1 aliphatic rings. The summed E-state index contributed by atoms with van der Waals surface area (Å²) in [6.07, 6.45) is 0.908. The molecule has 2 aromatic carbocycles. The summed E-state index contributed by atoms with van der Waals surface area (Å²) in [5.74, 6) is 0.00238. The molecule has 2 atom stereocenters. The van der Waals surface area contributed by atoms with Crippen LogP contribution in [0.3, 0.4) is 0 Å². The quantitative estimate of drug-likeness (QED) is 0.771. The molecule has 138 valence electrons. The summed E-state index contributed by atoms with van der Waals surface area (Å²) in [7, 11) is 0. The molecule has 1 heterocycles. The van der Waals surface area contributed by atoms with Crippen molar-refractivity contribution in [1.82, 2.24) is 10.6 Å². The highest BCUT2D eigenvalue weighted by Gasteiger charge is 2.24. The van der Waals surface area contributed by atoms with Crippen molar-refractivity contribution in [2.75, 3.05) is 18.4 Å². The number of piperidine rings is 1. The van der Waals surface area contributed by atoms with Crippen LogP contribution in [-0.2, 0) is 0 Å². The van der Waals surface area contributed by atoms with E-state index in [2.05, 4.69) is 22.9 Å². The molecule has 1 aliphatic heterocycles. The number of nitrogens with one attached hydrogen (secondary N) is 3. The molecule has 0 spiro atoms. The molecule has 1 fully saturated rings. The summed E-state index contributed by atoms with van der Waals surface area (Å²) in [5.41, 5.74) is 1.57. The van der Waals surface area contributed by atoms with Gasteiger partial charge in [0.1, 0.15) is 0 Å². The van der Waals surface area contributed by atoms with E-state index in [4.69, 9.17) is 0 Å². The fourth-order valence-electron chi connectivity index (χ4n) is 3.05. The van der Waals surface area contributed by atoms with E-state index in [1.807, 2.05) is 24.3 Å². The zero-order chi connectivity index (χ0) is 17.6. The Morgan fingerprint density at radius 1 is 1.00 bits per heavy atom. The molecular formula is C20H24ClN3O2. The van der Waals surface area contributed by atoms with Gasteiger partial charge in [0.05, 0.1) is 11.3 Å². The maximum absolute atomic E-state index is 12.7. The lowest BCUT2D eigenvalue weighted by atomic mass is 9.95. The fourth-order valence-corrected chi connectivity index (χ4v) is 3.05. The molecule has 2 amide bonds. The molecule has 0 saturated carbocycles. The number of carbonyl (C=O) groups is 2. The third kappa shape index (κ3) is 4.84. The van der Waals surface area contributed by atoms with Crippen LogP contribution in [0.4, 0.5) is 5.69 Å². The van der Waals surface area contributed by atoms with Crippen LogP contribution in [0, 0.1) is 5.92 Å². The molecule has 0 radical (unpaired) electrons. The molecule has 3 N–H and O–H groups in total. The number of hydrogen-bond donors (Lipinski definition) is 3. The van der Waals surface area contributed by atoms with Crippen molar-refractivity contribution in [2.45, 2.75) is 19.4 Å². The molecule has 26 heavy (non-hydrogen) atoms. The lowest BCUT2D eigenvalue weighted by Crippen LogP contribution is -2.48. The van der Waals surface area contributed by atoms with Crippen LogP contribution in [0.1, 0.15) is 34.1 Å². The standard InChI is InChI=1S/C20H23N3O2.ClH/c1-14-13-21-12-11-17(14)22-20(25)16-9-5-6-10-18(16)23-19(24)15-7-3-2-4-8-15;/h2-10,14,17,21H,11-13H2,1H3,(H,22,25)(H,23,24);1H. The van der Waals surface area contributed by atoms with E-state index in [-0.39, 0.29) is 30.3 Å². The van der Waals surface area contributed by atoms with E-state index in [0.29, 0.717) is 22.7 Å². The Labute approximate surface area is 160 Å². The van der Waals surface area contributed by atoms with Gasteiger partial charge in [0.15, 0.2) is 0 Å². The number of amides is 2. The van der Waals surface area contributed by atoms with Crippen LogP contribution >= 0.6 is 12.4 Å². The van der Waals surface area contributed by atoms with Gasteiger partial charge < -0.3 is 16.0 Å². The van der Waals surface area contributed by atoms with Crippen molar-refractivity contribution in [1.29, 1.82) is 0 Å². The third-order valence-corrected chi connectivity index (χ3v) is 4.56. The summed E-state index contributed by atoms with van der Waals surface area (Å²) in [5, 5.41) is 9.28. The van der Waals surface area contributed by atoms with Gasteiger partial charge in [-0.2, -0.15) is 0 Å². The predicted molar refractivity (Wildman–Crippen MR) is 106 cm³/mol. The molecule has 2 aromatic rings. The summed E-state index contributed by atoms with van der Waals surface area (Å²) >= 11 is 0. The van der Waals surface area contributed by atoms with Gasteiger partial charge in [0, 0.05) is 11.6 Å². The minimum Gasteiger partial charge on any atom is -0.349 e. The average molecular weight is 374 g/mol. The Balaban J connectivity index is 0.00000243.